The van der Waals surface area contributed by atoms with Crippen molar-refractivity contribution >= 4 is 28.4 Å². The first-order chi connectivity index (χ1) is 8.78. The Kier molecular flexibility index (Phi) is 2.68. The van der Waals surface area contributed by atoms with E-state index in [9.17, 15) is 0 Å². The average Bonchev–Trinajstić information content (AvgIpc) is 2.81. The quantitative estimate of drug-likeness (QED) is 0.749. The maximum atomic E-state index is 5.94. The molecule has 0 atom stereocenters. The molecule has 4 heteroatoms. The predicted molar refractivity (Wildman–Crippen MR) is 74.0 cm³/mol. The summed E-state index contributed by atoms with van der Waals surface area (Å²) < 4.78 is 5.74. The number of nitrogens with one attached hydrogen (secondary N) is 1. The number of oxazole rings is 1. The van der Waals surface area contributed by atoms with E-state index in [1.807, 2.05) is 37.4 Å². The highest BCUT2D eigenvalue weighted by molar-refractivity contribution is 6.31. The molecule has 1 aromatic heterocycles. The molecule has 1 N–H and O–H groups in total. The van der Waals surface area contributed by atoms with Gasteiger partial charge in [-0.2, -0.15) is 0 Å². The summed E-state index contributed by atoms with van der Waals surface area (Å²) in [5.74, 6) is 0.595. The molecule has 0 fully saturated rings. The van der Waals surface area contributed by atoms with Crippen LogP contribution in [0.4, 0.5) is 5.69 Å². The molecule has 0 aliphatic rings. The van der Waals surface area contributed by atoms with E-state index in [-0.39, 0.29) is 0 Å². The summed E-state index contributed by atoms with van der Waals surface area (Å²) in [6, 6.07) is 13.3. The minimum Gasteiger partial charge on any atom is -0.436 e. The van der Waals surface area contributed by atoms with Crippen LogP contribution in [0.2, 0.25) is 5.02 Å². The maximum absolute atomic E-state index is 5.94. The molecule has 3 nitrogen and oxygen atoms in total. The molecular weight excluding hydrogens is 248 g/mol. The molecule has 0 saturated carbocycles. The molecule has 90 valence electrons. The number of para-hydroxylation sites is 1. The van der Waals surface area contributed by atoms with Crippen LogP contribution in [0.3, 0.4) is 0 Å². The zero-order chi connectivity index (χ0) is 12.5. The van der Waals surface area contributed by atoms with Crippen molar-refractivity contribution in [3.8, 4) is 11.5 Å². The third kappa shape index (κ3) is 1.83. The van der Waals surface area contributed by atoms with Crippen LogP contribution in [0.1, 0.15) is 0 Å². The number of hydrogen-bond acceptors (Lipinski definition) is 3. The van der Waals surface area contributed by atoms with Crippen molar-refractivity contribution in [2.24, 2.45) is 0 Å². The van der Waals surface area contributed by atoms with Gasteiger partial charge in [0.15, 0.2) is 5.58 Å². The van der Waals surface area contributed by atoms with Crippen LogP contribution in [0.15, 0.2) is 46.9 Å². The molecule has 0 radical (unpaired) electrons. The second-order valence-corrected chi connectivity index (χ2v) is 4.36. The average molecular weight is 259 g/mol. The molecule has 0 aliphatic carbocycles. The van der Waals surface area contributed by atoms with Crippen LogP contribution in [-0.4, -0.2) is 12.0 Å². The fraction of sp³-hybridized carbons (Fsp3) is 0.0714. The van der Waals surface area contributed by atoms with Gasteiger partial charge in [0.1, 0.15) is 5.52 Å². The van der Waals surface area contributed by atoms with E-state index in [0.717, 1.165) is 22.4 Å². The SMILES string of the molecule is CNc1ccccc1-c1nc2cc(Cl)ccc2o1. The maximum Gasteiger partial charge on any atom is 0.229 e. The standard InChI is InChI=1S/C14H11ClN2O/c1-16-11-5-3-2-4-10(11)14-17-12-8-9(15)6-7-13(12)18-14/h2-8,16H,1H3. The van der Waals surface area contributed by atoms with Gasteiger partial charge in [-0.15, -0.1) is 0 Å². The molecule has 0 aliphatic heterocycles. The van der Waals surface area contributed by atoms with Gasteiger partial charge < -0.3 is 9.73 Å². The van der Waals surface area contributed by atoms with Gasteiger partial charge in [-0.1, -0.05) is 23.7 Å². The summed E-state index contributed by atoms with van der Waals surface area (Å²) in [4.78, 5) is 4.46. The van der Waals surface area contributed by atoms with Crippen molar-refractivity contribution < 1.29 is 4.42 Å². The lowest BCUT2D eigenvalue weighted by atomic mass is 10.2. The van der Waals surface area contributed by atoms with Gasteiger partial charge >= 0.3 is 0 Å². The van der Waals surface area contributed by atoms with Crippen LogP contribution < -0.4 is 5.32 Å². The van der Waals surface area contributed by atoms with Crippen molar-refractivity contribution in [3.05, 3.63) is 47.5 Å². The summed E-state index contributed by atoms with van der Waals surface area (Å²) in [5.41, 5.74) is 3.42. The van der Waals surface area contributed by atoms with E-state index in [1.165, 1.54) is 0 Å². The van der Waals surface area contributed by atoms with Crippen LogP contribution in [0, 0.1) is 0 Å². The largest absolute Gasteiger partial charge is 0.436 e. The monoisotopic (exact) mass is 258 g/mol. The van der Waals surface area contributed by atoms with Crippen molar-refractivity contribution in [2.45, 2.75) is 0 Å². The Labute approximate surface area is 109 Å². The highest BCUT2D eigenvalue weighted by Crippen LogP contribution is 2.30. The van der Waals surface area contributed by atoms with Gasteiger partial charge in [0.05, 0.1) is 5.56 Å². The number of hydrogen-bond donors (Lipinski definition) is 1. The highest BCUT2D eigenvalue weighted by Gasteiger charge is 2.11. The van der Waals surface area contributed by atoms with E-state index in [2.05, 4.69) is 10.3 Å². The normalized spacial score (nSPS) is 10.8. The zero-order valence-electron chi connectivity index (χ0n) is 9.77. The summed E-state index contributed by atoms with van der Waals surface area (Å²) >= 11 is 5.94. The molecule has 0 bridgehead atoms. The third-order valence-electron chi connectivity index (χ3n) is 2.78. The molecule has 18 heavy (non-hydrogen) atoms. The minimum absolute atomic E-state index is 0.595. The number of anilines is 1. The topological polar surface area (TPSA) is 38.1 Å². The fourth-order valence-corrected chi connectivity index (χ4v) is 2.07. The van der Waals surface area contributed by atoms with E-state index in [4.69, 9.17) is 16.0 Å². The van der Waals surface area contributed by atoms with Crippen molar-refractivity contribution in [1.29, 1.82) is 0 Å². The number of fused-ring (bicyclic) bond motifs is 1. The van der Waals surface area contributed by atoms with Gasteiger partial charge in [0.2, 0.25) is 5.89 Å². The lowest BCUT2D eigenvalue weighted by molar-refractivity contribution is 0.620. The highest BCUT2D eigenvalue weighted by atomic mass is 35.5. The Hall–Kier alpha value is -2.00. The van der Waals surface area contributed by atoms with Crippen LogP contribution >= 0.6 is 11.6 Å². The Morgan fingerprint density at radius 2 is 2.00 bits per heavy atom. The van der Waals surface area contributed by atoms with Gasteiger partial charge in [-0.3, -0.25) is 0 Å². The second-order valence-electron chi connectivity index (χ2n) is 3.93. The molecule has 0 spiro atoms. The van der Waals surface area contributed by atoms with E-state index in [1.54, 1.807) is 12.1 Å². The molecule has 3 rings (SSSR count). The second kappa shape index (κ2) is 4.35. The Morgan fingerprint density at radius 3 is 2.83 bits per heavy atom. The van der Waals surface area contributed by atoms with Gasteiger partial charge in [-0.05, 0) is 30.3 Å². The Morgan fingerprint density at radius 1 is 1.17 bits per heavy atom. The molecule has 0 unspecified atom stereocenters. The third-order valence-corrected chi connectivity index (χ3v) is 3.01. The molecule has 3 aromatic rings. The summed E-state index contributed by atoms with van der Waals surface area (Å²) in [7, 11) is 1.87. The number of nitrogens with zero attached hydrogens (tertiary/aromatic N) is 1. The molecule has 1 heterocycles. The van der Waals surface area contributed by atoms with Crippen molar-refractivity contribution in [1.82, 2.24) is 4.98 Å². The van der Waals surface area contributed by atoms with Gasteiger partial charge in [0, 0.05) is 17.8 Å². The van der Waals surface area contributed by atoms with Gasteiger partial charge in [-0.25, -0.2) is 4.98 Å². The van der Waals surface area contributed by atoms with Crippen molar-refractivity contribution in [2.75, 3.05) is 12.4 Å². The Balaban J connectivity index is 2.19. The number of rotatable bonds is 2. The number of aromatic nitrogens is 1. The van der Waals surface area contributed by atoms with E-state index in [0.29, 0.717) is 10.9 Å². The molecule has 0 amide bonds. The molecular formula is C14H11ClN2O. The molecule has 2 aromatic carbocycles. The summed E-state index contributed by atoms with van der Waals surface area (Å²) in [5, 5.41) is 3.78. The smallest absolute Gasteiger partial charge is 0.229 e. The first kappa shape index (κ1) is 11.1. The van der Waals surface area contributed by atoms with Crippen LogP contribution in [-0.2, 0) is 0 Å². The summed E-state index contributed by atoms with van der Waals surface area (Å²) in [6.45, 7) is 0. The first-order valence-corrected chi connectivity index (χ1v) is 5.99. The lowest BCUT2D eigenvalue weighted by Gasteiger charge is -2.04. The Bertz CT molecular complexity index is 706. The number of benzene rings is 2. The minimum atomic E-state index is 0.595. The van der Waals surface area contributed by atoms with Crippen molar-refractivity contribution in [3.63, 3.8) is 0 Å². The number of halogens is 1. The lowest BCUT2D eigenvalue weighted by Crippen LogP contribution is -1.91. The molecule has 0 saturated heterocycles. The zero-order valence-corrected chi connectivity index (χ0v) is 10.5. The summed E-state index contributed by atoms with van der Waals surface area (Å²) in [6.07, 6.45) is 0. The van der Waals surface area contributed by atoms with E-state index >= 15 is 0 Å². The van der Waals surface area contributed by atoms with Gasteiger partial charge in [0.25, 0.3) is 0 Å². The fourth-order valence-electron chi connectivity index (χ4n) is 1.90. The van der Waals surface area contributed by atoms with E-state index < -0.39 is 0 Å². The first-order valence-electron chi connectivity index (χ1n) is 5.61. The van der Waals surface area contributed by atoms with Crippen LogP contribution in [0.25, 0.3) is 22.6 Å². The predicted octanol–water partition coefficient (Wildman–Crippen LogP) is 4.19. The van der Waals surface area contributed by atoms with Crippen LogP contribution in [0.5, 0.6) is 0 Å².